The number of amides is 1. The molecule has 1 aromatic heterocycles. The number of carbonyl (C=O) groups is 1. The van der Waals surface area contributed by atoms with Crippen LogP contribution in [0.25, 0.3) is 10.2 Å². The van der Waals surface area contributed by atoms with Gasteiger partial charge in [0.1, 0.15) is 0 Å². The van der Waals surface area contributed by atoms with Gasteiger partial charge in [0.25, 0.3) is 0 Å². The van der Waals surface area contributed by atoms with Crippen LogP contribution in [-0.2, 0) is 11.2 Å². The molecular formula is C19H30N4OS. The minimum Gasteiger partial charge on any atom is -0.352 e. The Bertz CT molecular complexity index is 713. The van der Waals surface area contributed by atoms with Crippen LogP contribution in [0.3, 0.4) is 0 Å². The van der Waals surface area contributed by atoms with Gasteiger partial charge in [-0.25, -0.2) is 4.98 Å². The first-order chi connectivity index (χ1) is 11.8. The van der Waals surface area contributed by atoms with Gasteiger partial charge in [0, 0.05) is 12.5 Å². The summed E-state index contributed by atoms with van der Waals surface area (Å²) in [7, 11) is 0. The van der Waals surface area contributed by atoms with E-state index < -0.39 is 6.04 Å². The maximum Gasteiger partial charge on any atom is 0.237 e. The van der Waals surface area contributed by atoms with Crippen molar-refractivity contribution in [1.82, 2.24) is 10.3 Å². The number of aromatic nitrogens is 1. The highest BCUT2D eigenvalue weighted by Gasteiger charge is 2.20. The highest BCUT2D eigenvalue weighted by molar-refractivity contribution is 7.18. The predicted octanol–water partition coefficient (Wildman–Crippen LogP) is 2.78. The van der Waals surface area contributed by atoms with E-state index in [1.165, 1.54) is 5.56 Å². The first-order valence-electron chi connectivity index (χ1n) is 8.97. The van der Waals surface area contributed by atoms with Crippen LogP contribution in [0.15, 0.2) is 18.2 Å². The van der Waals surface area contributed by atoms with Crippen molar-refractivity contribution in [2.45, 2.75) is 58.5 Å². The molecule has 0 unspecified atom stereocenters. The normalized spacial score (nSPS) is 15.3. The topological polar surface area (TPSA) is 94.0 Å². The fourth-order valence-corrected chi connectivity index (χ4v) is 3.78. The summed E-state index contributed by atoms with van der Waals surface area (Å²) in [4.78, 5) is 17.0. The summed E-state index contributed by atoms with van der Waals surface area (Å²) in [5.74, 6) is 0.691. The first kappa shape index (κ1) is 19.8. The molecular weight excluding hydrogens is 332 g/mol. The number of carbonyl (C=O) groups excluding carboxylic acids is 1. The fourth-order valence-electron chi connectivity index (χ4n) is 2.70. The molecule has 1 amide bonds. The van der Waals surface area contributed by atoms with Crippen molar-refractivity contribution in [3.63, 3.8) is 0 Å². The average Bonchev–Trinajstić information content (AvgIpc) is 2.95. The lowest BCUT2D eigenvalue weighted by atomic mass is 9.99. The lowest BCUT2D eigenvalue weighted by Gasteiger charge is -2.22. The van der Waals surface area contributed by atoms with Crippen LogP contribution in [-0.4, -0.2) is 29.5 Å². The second kappa shape index (κ2) is 8.74. The van der Waals surface area contributed by atoms with Crippen molar-refractivity contribution < 1.29 is 4.79 Å². The van der Waals surface area contributed by atoms with Crippen molar-refractivity contribution in [2.24, 2.45) is 17.4 Å². The number of thiazole rings is 1. The van der Waals surface area contributed by atoms with E-state index in [0.717, 1.165) is 21.6 Å². The van der Waals surface area contributed by atoms with Gasteiger partial charge in [-0.1, -0.05) is 26.8 Å². The number of hydrogen-bond acceptors (Lipinski definition) is 5. The summed E-state index contributed by atoms with van der Waals surface area (Å²) in [6.45, 7) is 9.06. The summed E-state index contributed by atoms with van der Waals surface area (Å²) in [6.07, 6.45) is 1.34. The predicted molar refractivity (Wildman–Crippen MR) is 106 cm³/mol. The Labute approximate surface area is 154 Å². The molecule has 1 aromatic carbocycles. The van der Waals surface area contributed by atoms with Crippen molar-refractivity contribution in [1.29, 1.82) is 0 Å². The van der Waals surface area contributed by atoms with Crippen molar-refractivity contribution in [3.05, 3.63) is 28.8 Å². The third kappa shape index (κ3) is 5.23. The molecule has 138 valence electrons. The zero-order valence-corrected chi connectivity index (χ0v) is 16.4. The highest BCUT2D eigenvalue weighted by atomic mass is 32.1. The first-order valence-corrected chi connectivity index (χ1v) is 9.78. The average molecular weight is 363 g/mol. The van der Waals surface area contributed by atoms with Gasteiger partial charge in [0.15, 0.2) is 0 Å². The van der Waals surface area contributed by atoms with Gasteiger partial charge in [-0.2, -0.15) is 0 Å². The smallest absolute Gasteiger partial charge is 0.237 e. The Morgan fingerprint density at radius 3 is 2.64 bits per heavy atom. The lowest BCUT2D eigenvalue weighted by Crippen LogP contribution is -2.47. The number of rotatable bonds is 8. The second-order valence-electron chi connectivity index (χ2n) is 7.15. The molecule has 1 heterocycles. The Morgan fingerprint density at radius 1 is 1.28 bits per heavy atom. The van der Waals surface area contributed by atoms with E-state index in [1.807, 2.05) is 13.0 Å². The van der Waals surface area contributed by atoms with E-state index >= 15 is 0 Å². The van der Waals surface area contributed by atoms with Crippen molar-refractivity contribution >= 4 is 27.5 Å². The molecule has 5 nitrogen and oxygen atoms in total. The molecule has 6 heteroatoms. The lowest BCUT2D eigenvalue weighted by molar-refractivity contribution is -0.123. The number of hydrogen-bond donors (Lipinski definition) is 3. The standard InChI is InChI=1S/C19H30N4OS/c1-11(2)14-5-6-16-17(9-14)25-18(23-16)10-15(21)19(24)22-13(4)12(3)7-8-20/h5-6,9,11-13,15H,7-8,10,20-21H2,1-4H3,(H,22,24)/t12-,13-,15-/m0/s1. The van der Waals surface area contributed by atoms with E-state index in [4.69, 9.17) is 11.5 Å². The van der Waals surface area contributed by atoms with Crippen LogP contribution in [0.5, 0.6) is 0 Å². The molecule has 0 radical (unpaired) electrons. The second-order valence-corrected chi connectivity index (χ2v) is 8.27. The molecule has 2 rings (SSSR count). The molecule has 25 heavy (non-hydrogen) atoms. The number of nitrogens with zero attached hydrogens (tertiary/aromatic N) is 1. The van der Waals surface area contributed by atoms with Gasteiger partial charge < -0.3 is 16.8 Å². The number of nitrogens with one attached hydrogen (secondary N) is 1. The zero-order valence-electron chi connectivity index (χ0n) is 15.6. The summed E-state index contributed by atoms with van der Waals surface area (Å²) in [5, 5.41) is 3.90. The van der Waals surface area contributed by atoms with Crippen molar-refractivity contribution in [3.8, 4) is 0 Å². The molecule has 0 saturated heterocycles. The summed E-state index contributed by atoms with van der Waals surface area (Å²) in [6, 6.07) is 5.82. The quantitative estimate of drug-likeness (QED) is 0.673. The Hall–Kier alpha value is -1.50. The molecule has 5 N–H and O–H groups in total. The Morgan fingerprint density at radius 2 is 2.00 bits per heavy atom. The largest absolute Gasteiger partial charge is 0.352 e. The molecule has 0 fully saturated rings. The van der Waals surface area contributed by atoms with Gasteiger partial charge in [0.05, 0.1) is 21.3 Å². The van der Waals surface area contributed by atoms with Gasteiger partial charge in [-0.05, 0) is 49.4 Å². The van der Waals surface area contributed by atoms with Gasteiger partial charge in [-0.3, -0.25) is 4.79 Å². The van der Waals surface area contributed by atoms with Crippen LogP contribution in [0.4, 0.5) is 0 Å². The minimum absolute atomic E-state index is 0.0612. The van der Waals surface area contributed by atoms with E-state index in [-0.39, 0.29) is 11.9 Å². The Kier molecular flexibility index (Phi) is 6.93. The fraction of sp³-hybridized carbons (Fsp3) is 0.579. The third-order valence-electron chi connectivity index (χ3n) is 4.70. The third-order valence-corrected chi connectivity index (χ3v) is 5.74. The SMILES string of the molecule is CC(C)c1ccc2nc(C[C@H](N)C(=O)N[C@@H](C)[C@@H](C)CCN)sc2c1. The van der Waals surface area contributed by atoms with E-state index in [2.05, 4.69) is 43.2 Å². The summed E-state index contributed by atoms with van der Waals surface area (Å²) >= 11 is 1.62. The summed E-state index contributed by atoms with van der Waals surface area (Å²) < 4.78 is 1.15. The van der Waals surface area contributed by atoms with E-state index in [9.17, 15) is 4.79 Å². The molecule has 0 spiro atoms. The molecule has 0 saturated carbocycles. The summed E-state index contributed by atoms with van der Waals surface area (Å²) in [5.41, 5.74) is 14.0. The van der Waals surface area contributed by atoms with Crippen LogP contribution >= 0.6 is 11.3 Å². The molecule has 0 aliphatic carbocycles. The maximum atomic E-state index is 12.3. The molecule has 0 aliphatic heterocycles. The van der Waals surface area contributed by atoms with Crippen LogP contribution in [0.2, 0.25) is 0 Å². The van der Waals surface area contributed by atoms with E-state index in [1.54, 1.807) is 11.3 Å². The number of benzene rings is 1. The van der Waals surface area contributed by atoms with Crippen LogP contribution in [0.1, 0.15) is 50.6 Å². The van der Waals surface area contributed by atoms with Gasteiger partial charge in [0.2, 0.25) is 5.91 Å². The van der Waals surface area contributed by atoms with Crippen molar-refractivity contribution in [2.75, 3.05) is 6.54 Å². The van der Waals surface area contributed by atoms with Gasteiger partial charge in [-0.15, -0.1) is 11.3 Å². The Balaban J connectivity index is 2.00. The molecule has 2 aromatic rings. The highest BCUT2D eigenvalue weighted by Crippen LogP contribution is 2.26. The number of fused-ring (bicyclic) bond motifs is 1. The molecule has 3 atom stereocenters. The minimum atomic E-state index is -0.586. The van der Waals surface area contributed by atoms with E-state index in [0.29, 0.717) is 24.8 Å². The molecule has 0 bridgehead atoms. The zero-order chi connectivity index (χ0) is 18.6. The van der Waals surface area contributed by atoms with Crippen LogP contribution < -0.4 is 16.8 Å². The monoisotopic (exact) mass is 362 g/mol. The number of nitrogens with two attached hydrogens (primary N) is 2. The maximum absolute atomic E-state index is 12.3. The van der Waals surface area contributed by atoms with Gasteiger partial charge >= 0.3 is 0 Å². The van der Waals surface area contributed by atoms with Crippen LogP contribution in [0, 0.1) is 5.92 Å². The molecule has 0 aliphatic rings.